The van der Waals surface area contributed by atoms with Gasteiger partial charge in [0, 0.05) is 18.5 Å². The van der Waals surface area contributed by atoms with Crippen LogP contribution in [0.2, 0.25) is 0 Å². The molecule has 0 fully saturated rings. The lowest BCUT2D eigenvalue weighted by Crippen LogP contribution is -2.34. The Morgan fingerprint density at radius 1 is 1.38 bits per heavy atom. The highest BCUT2D eigenvalue weighted by atomic mass is 16.5. The van der Waals surface area contributed by atoms with Crippen molar-refractivity contribution in [1.29, 1.82) is 0 Å². The minimum absolute atomic E-state index is 0.233. The van der Waals surface area contributed by atoms with E-state index >= 15 is 0 Å². The highest BCUT2D eigenvalue weighted by Crippen LogP contribution is 2.31. The van der Waals surface area contributed by atoms with Crippen LogP contribution >= 0.6 is 0 Å². The van der Waals surface area contributed by atoms with E-state index in [-0.39, 0.29) is 6.10 Å². The quantitative estimate of drug-likeness (QED) is 0.844. The molecule has 3 nitrogen and oxygen atoms in total. The lowest BCUT2D eigenvalue weighted by atomic mass is 10.1. The van der Waals surface area contributed by atoms with Crippen molar-refractivity contribution in [1.82, 2.24) is 4.90 Å². The third-order valence-electron chi connectivity index (χ3n) is 3.14. The molecular formula is C13H19NO2. The maximum Gasteiger partial charge on any atom is 0.123 e. The zero-order chi connectivity index (χ0) is 11.5. The largest absolute Gasteiger partial charge is 0.508 e. The molecule has 1 aliphatic rings. The lowest BCUT2D eigenvalue weighted by molar-refractivity contribution is 0.158. The van der Waals surface area contributed by atoms with Crippen molar-refractivity contribution in [2.45, 2.75) is 26.4 Å². The highest BCUT2D eigenvalue weighted by Gasteiger charge is 2.24. The molecule has 0 saturated heterocycles. The van der Waals surface area contributed by atoms with Crippen LogP contribution in [0.3, 0.4) is 0 Å². The molecule has 3 heteroatoms. The molecular weight excluding hydrogens is 202 g/mol. The van der Waals surface area contributed by atoms with Gasteiger partial charge in [-0.05, 0) is 31.3 Å². The van der Waals surface area contributed by atoms with E-state index in [2.05, 4.69) is 18.7 Å². The Balaban J connectivity index is 2.00. The summed E-state index contributed by atoms with van der Waals surface area (Å²) in [4.78, 5) is 2.36. The zero-order valence-corrected chi connectivity index (χ0v) is 9.94. The van der Waals surface area contributed by atoms with E-state index in [1.165, 1.54) is 0 Å². The van der Waals surface area contributed by atoms with E-state index in [1.807, 2.05) is 6.07 Å². The molecule has 0 aromatic heterocycles. The first-order chi connectivity index (χ1) is 7.72. The first-order valence-electron chi connectivity index (χ1n) is 5.93. The van der Waals surface area contributed by atoms with Gasteiger partial charge >= 0.3 is 0 Å². The van der Waals surface area contributed by atoms with Crippen molar-refractivity contribution >= 4 is 0 Å². The maximum absolute atomic E-state index is 9.39. The molecule has 16 heavy (non-hydrogen) atoms. The van der Waals surface area contributed by atoms with Crippen LogP contribution in [0.1, 0.15) is 19.4 Å². The van der Waals surface area contributed by atoms with Gasteiger partial charge in [0.05, 0.1) is 0 Å². The van der Waals surface area contributed by atoms with Gasteiger partial charge < -0.3 is 14.7 Å². The van der Waals surface area contributed by atoms with Crippen molar-refractivity contribution in [3.63, 3.8) is 0 Å². The monoisotopic (exact) mass is 221 g/mol. The summed E-state index contributed by atoms with van der Waals surface area (Å²) in [6.45, 7) is 7.40. The molecule has 1 aromatic rings. The molecule has 1 N–H and O–H groups in total. The molecule has 0 radical (unpaired) electrons. The first-order valence-corrected chi connectivity index (χ1v) is 5.93. The van der Waals surface area contributed by atoms with Crippen molar-refractivity contribution in [2.24, 2.45) is 0 Å². The Morgan fingerprint density at radius 3 is 2.81 bits per heavy atom. The normalized spacial score (nSPS) is 18.6. The summed E-state index contributed by atoms with van der Waals surface area (Å²) in [6.07, 6.45) is 1.14. The van der Waals surface area contributed by atoms with E-state index in [0.29, 0.717) is 5.75 Å². The number of hydrogen-bond donors (Lipinski definition) is 1. The van der Waals surface area contributed by atoms with Crippen molar-refractivity contribution < 1.29 is 9.84 Å². The van der Waals surface area contributed by atoms with Gasteiger partial charge in [0.15, 0.2) is 0 Å². The van der Waals surface area contributed by atoms with Gasteiger partial charge in [0.2, 0.25) is 0 Å². The molecule has 88 valence electrons. The SMILES string of the molecule is CCN(CC)CC1Cc2cc(O)ccc2O1. The Hall–Kier alpha value is -1.22. The summed E-state index contributed by atoms with van der Waals surface area (Å²) in [6, 6.07) is 5.34. The molecule has 0 bridgehead atoms. The van der Waals surface area contributed by atoms with E-state index in [9.17, 15) is 5.11 Å². The molecule has 0 amide bonds. The minimum atomic E-state index is 0.233. The van der Waals surface area contributed by atoms with Crippen LogP contribution in [-0.4, -0.2) is 35.7 Å². The number of phenols is 1. The summed E-state index contributed by atoms with van der Waals surface area (Å²) >= 11 is 0. The standard InChI is InChI=1S/C13H19NO2/c1-3-14(4-2)9-12-8-10-7-11(15)5-6-13(10)16-12/h5-7,12,15H,3-4,8-9H2,1-2H3. The average Bonchev–Trinajstić information content (AvgIpc) is 2.67. The second kappa shape index (κ2) is 4.74. The zero-order valence-electron chi connectivity index (χ0n) is 9.94. The molecule has 0 aliphatic carbocycles. The number of fused-ring (bicyclic) bond motifs is 1. The predicted octanol–water partition coefficient (Wildman–Crippen LogP) is 2.04. The summed E-state index contributed by atoms with van der Waals surface area (Å²) < 4.78 is 5.84. The van der Waals surface area contributed by atoms with Crippen molar-refractivity contribution in [3.05, 3.63) is 23.8 Å². The number of hydrogen-bond acceptors (Lipinski definition) is 3. The number of aromatic hydroxyl groups is 1. The smallest absolute Gasteiger partial charge is 0.123 e. The molecule has 1 aromatic carbocycles. The van der Waals surface area contributed by atoms with E-state index in [0.717, 1.165) is 37.4 Å². The van der Waals surface area contributed by atoms with Gasteiger partial charge in [-0.1, -0.05) is 13.8 Å². The summed E-state index contributed by atoms with van der Waals surface area (Å²) in [7, 11) is 0. The van der Waals surface area contributed by atoms with Gasteiger partial charge in [0.1, 0.15) is 17.6 Å². The van der Waals surface area contributed by atoms with Gasteiger partial charge in [0.25, 0.3) is 0 Å². The number of likely N-dealkylation sites (N-methyl/N-ethyl adjacent to an activating group) is 1. The molecule has 0 saturated carbocycles. The Labute approximate surface area is 96.6 Å². The van der Waals surface area contributed by atoms with E-state index in [1.54, 1.807) is 12.1 Å². The predicted molar refractivity (Wildman–Crippen MR) is 64.0 cm³/mol. The van der Waals surface area contributed by atoms with E-state index in [4.69, 9.17) is 4.74 Å². The number of nitrogens with zero attached hydrogens (tertiary/aromatic N) is 1. The number of ether oxygens (including phenoxy) is 1. The second-order valence-corrected chi connectivity index (χ2v) is 4.22. The highest BCUT2D eigenvalue weighted by molar-refractivity contribution is 5.42. The third-order valence-corrected chi connectivity index (χ3v) is 3.14. The fraction of sp³-hybridized carbons (Fsp3) is 0.538. The van der Waals surface area contributed by atoms with Gasteiger partial charge in [-0.15, -0.1) is 0 Å². The van der Waals surface area contributed by atoms with Crippen LogP contribution in [0.5, 0.6) is 11.5 Å². The number of phenolic OH excluding ortho intramolecular Hbond substituents is 1. The summed E-state index contributed by atoms with van der Waals surface area (Å²) in [5.74, 6) is 1.25. The van der Waals surface area contributed by atoms with E-state index < -0.39 is 0 Å². The van der Waals surface area contributed by atoms with Gasteiger partial charge in [-0.25, -0.2) is 0 Å². The van der Waals surface area contributed by atoms with Crippen LogP contribution in [0.15, 0.2) is 18.2 Å². The fourth-order valence-electron chi connectivity index (χ4n) is 2.18. The summed E-state index contributed by atoms with van der Waals surface area (Å²) in [5, 5.41) is 9.39. The van der Waals surface area contributed by atoms with Crippen molar-refractivity contribution in [2.75, 3.05) is 19.6 Å². The van der Waals surface area contributed by atoms with Crippen molar-refractivity contribution in [3.8, 4) is 11.5 Å². The topological polar surface area (TPSA) is 32.7 Å². The molecule has 1 atom stereocenters. The van der Waals surface area contributed by atoms with Gasteiger partial charge in [-0.2, -0.15) is 0 Å². The molecule has 1 heterocycles. The number of benzene rings is 1. The molecule has 1 unspecified atom stereocenters. The maximum atomic E-state index is 9.39. The molecule has 1 aliphatic heterocycles. The third kappa shape index (κ3) is 2.30. The average molecular weight is 221 g/mol. The molecule has 0 spiro atoms. The fourth-order valence-corrected chi connectivity index (χ4v) is 2.18. The Bertz CT molecular complexity index is 361. The van der Waals surface area contributed by atoms with Crippen LogP contribution in [0, 0.1) is 0 Å². The van der Waals surface area contributed by atoms with Crippen LogP contribution in [-0.2, 0) is 6.42 Å². The minimum Gasteiger partial charge on any atom is -0.508 e. The van der Waals surface area contributed by atoms with Crippen LogP contribution in [0.4, 0.5) is 0 Å². The van der Waals surface area contributed by atoms with Crippen LogP contribution < -0.4 is 4.74 Å². The molecule has 2 rings (SSSR count). The van der Waals surface area contributed by atoms with Crippen LogP contribution in [0.25, 0.3) is 0 Å². The Kier molecular flexibility index (Phi) is 3.34. The van der Waals surface area contributed by atoms with Gasteiger partial charge in [-0.3, -0.25) is 0 Å². The Morgan fingerprint density at radius 2 is 2.12 bits per heavy atom. The second-order valence-electron chi connectivity index (χ2n) is 4.22. The summed E-state index contributed by atoms with van der Waals surface area (Å²) in [5.41, 5.74) is 1.12. The lowest BCUT2D eigenvalue weighted by Gasteiger charge is -2.21. The first kappa shape index (κ1) is 11.3. The number of rotatable bonds is 4.